The number of nitrogens with zero attached hydrogens (tertiary/aromatic N) is 1. The molecule has 7 nitrogen and oxygen atoms in total. The van der Waals surface area contributed by atoms with Crippen molar-refractivity contribution in [2.45, 2.75) is 19.1 Å². The second kappa shape index (κ2) is 5.23. The van der Waals surface area contributed by atoms with Gasteiger partial charge in [-0.3, -0.25) is 10.1 Å². The molecule has 20 heavy (non-hydrogen) atoms. The van der Waals surface area contributed by atoms with Gasteiger partial charge in [0.2, 0.25) is 0 Å². The van der Waals surface area contributed by atoms with Crippen molar-refractivity contribution in [3.8, 4) is 0 Å². The Hall–Kier alpha value is -2.52. The summed E-state index contributed by atoms with van der Waals surface area (Å²) in [6.45, 7) is 1.18. The van der Waals surface area contributed by atoms with Gasteiger partial charge in [0.05, 0.1) is 11.1 Å². The summed E-state index contributed by atoms with van der Waals surface area (Å²) >= 11 is 0. The number of urea groups is 1. The molecule has 0 saturated heterocycles. The van der Waals surface area contributed by atoms with Crippen LogP contribution in [0.15, 0.2) is 12.4 Å². The number of hydrogen-bond acceptors (Lipinski definition) is 3. The number of imide groups is 1. The molecule has 0 bridgehead atoms. The van der Waals surface area contributed by atoms with Crippen molar-refractivity contribution in [3.63, 3.8) is 0 Å². The number of carbonyl (C=O) groups excluding carboxylic acids is 2. The maximum Gasteiger partial charge on any atom is 0.418 e. The van der Waals surface area contributed by atoms with Crippen LogP contribution in [-0.2, 0) is 11.0 Å². The van der Waals surface area contributed by atoms with E-state index in [2.05, 4.69) is 0 Å². The van der Waals surface area contributed by atoms with Crippen LogP contribution < -0.4 is 11.1 Å². The zero-order chi connectivity index (χ0) is 15.7. The number of aromatic carboxylic acids is 1. The monoisotopic (exact) mass is 293 g/mol. The van der Waals surface area contributed by atoms with Crippen LogP contribution >= 0.6 is 0 Å². The fourth-order valence-electron chi connectivity index (χ4n) is 1.46. The quantitative estimate of drug-likeness (QED) is 0.770. The predicted octanol–water partition coefficient (Wildman–Crippen LogP) is 0.961. The number of primary amides is 1. The molecule has 0 fully saturated rings. The minimum absolute atomic E-state index is 0.481. The highest BCUT2D eigenvalue weighted by Gasteiger charge is 2.37. The van der Waals surface area contributed by atoms with E-state index in [1.807, 2.05) is 0 Å². The summed E-state index contributed by atoms with van der Waals surface area (Å²) in [4.78, 5) is 32.7. The standard InChI is InChI=1S/C10H10F3N3O4/c1-4(7(17)15-9(14)20)16-2-5(8(18)19)6(3-16)10(11,12)13/h2-4H,1H3,(H,18,19)(H3,14,15,17,20). The van der Waals surface area contributed by atoms with Crippen LogP contribution in [0.2, 0.25) is 0 Å². The largest absolute Gasteiger partial charge is 0.478 e. The highest BCUT2D eigenvalue weighted by molar-refractivity contribution is 5.95. The summed E-state index contributed by atoms with van der Waals surface area (Å²) in [6, 6.07) is -2.40. The van der Waals surface area contributed by atoms with Crippen molar-refractivity contribution in [1.29, 1.82) is 0 Å². The first kappa shape index (κ1) is 15.5. The zero-order valence-electron chi connectivity index (χ0n) is 10.1. The van der Waals surface area contributed by atoms with E-state index >= 15 is 0 Å². The smallest absolute Gasteiger partial charge is 0.418 e. The molecule has 0 aliphatic heterocycles. The summed E-state index contributed by atoms with van der Waals surface area (Å²) in [5.41, 5.74) is 2.33. The Bertz CT molecular complexity index is 565. The molecule has 0 aliphatic rings. The van der Waals surface area contributed by atoms with Crippen LogP contribution in [0.1, 0.15) is 28.9 Å². The highest BCUT2D eigenvalue weighted by Crippen LogP contribution is 2.33. The first-order valence-electron chi connectivity index (χ1n) is 5.16. The number of carboxylic acid groups (broad SMARTS) is 1. The predicted molar refractivity (Wildman–Crippen MR) is 58.8 cm³/mol. The number of alkyl halides is 3. The van der Waals surface area contributed by atoms with Crippen molar-refractivity contribution in [2.75, 3.05) is 0 Å². The number of rotatable bonds is 3. The molecular weight excluding hydrogens is 283 g/mol. The Kier molecular flexibility index (Phi) is 4.06. The molecule has 0 aliphatic carbocycles. The number of carbonyl (C=O) groups is 3. The lowest BCUT2D eigenvalue weighted by atomic mass is 10.2. The summed E-state index contributed by atoms with van der Waals surface area (Å²) in [5.74, 6) is -2.74. The SMILES string of the molecule is CC(C(=O)NC(N)=O)n1cc(C(=O)O)c(C(F)(F)F)c1. The van der Waals surface area contributed by atoms with Crippen LogP contribution in [0, 0.1) is 0 Å². The maximum atomic E-state index is 12.6. The Morgan fingerprint density at radius 1 is 1.35 bits per heavy atom. The lowest BCUT2D eigenvalue weighted by molar-refractivity contribution is -0.138. The van der Waals surface area contributed by atoms with Crippen molar-refractivity contribution >= 4 is 17.9 Å². The topological polar surface area (TPSA) is 114 Å². The van der Waals surface area contributed by atoms with Crippen LogP contribution in [0.4, 0.5) is 18.0 Å². The molecule has 1 aromatic heterocycles. The summed E-state index contributed by atoms with van der Waals surface area (Å²) < 4.78 is 38.7. The minimum Gasteiger partial charge on any atom is -0.478 e. The van der Waals surface area contributed by atoms with Gasteiger partial charge >= 0.3 is 18.2 Å². The van der Waals surface area contributed by atoms with Crippen molar-refractivity contribution in [1.82, 2.24) is 9.88 Å². The van der Waals surface area contributed by atoms with Crippen LogP contribution in [0.3, 0.4) is 0 Å². The average molecular weight is 293 g/mol. The molecule has 0 spiro atoms. The molecule has 10 heteroatoms. The number of hydrogen-bond donors (Lipinski definition) is 3. The van der Waals surface area contributed by atoms with E-state index < -0.39 is 41.3 Å². The maximum absolute atomic E-state index is 12.6. The molecule has 1 aromatic rings. The van der Waals surface area contributed by atoms with Crippen molar-refractivity contribution in [3.05, 3.63) is 23.5 Å². The van der Waals surface area contributed by atoms with Gasteiger partial charge in [0.15, 0.2) is 0 Å². The van der Waals surface area contributed by atoms with Gasteiger partial charge in [-0.1, -0.05) is 0 Å². The normalized spacial score (nSPS) is 12.8. The fourth-order valence-corrected chi connectivity index (χ4v) is 1.46. The van der Waals surface area contributed by atoms with Crippen molar-refractivity contribution in [2.24, 2.45) is 5.73 Å². The molecular formula is C10H10F3N3O4. The summed E-state index contributed by atoms with van der Waals surface area (Å²) in [6.07, 6.45) is -3.73. The van der Waals surface area contributed by atoms with Gasteiger partial charge in [-0.2, -0.15) is 13.2 Å². The Balaban J connectivity index is 3.18. The van der Waals surface area contributed by atoms with Gasteiger partial charge in [-0.05, 0) is 6.92 Å². The number of halogens is 3. The lowest BCUT2D eigenvalue weighted by Gasteiger charge is -2.12. The number of carboxylic acids is 1. The van der Waals surface area contributed by atoms with E-state index in [1.165, 1.54) is 6.92 Å². The molecule has 1 rings (SSSR count). The first-order valence-corrected chi connectivity index (χ1v) is 5.16. The van der Waals surface area contributed by atoms with Gasteiger partial charge in [0, 0.05) is 12.4 Å². The Morgan fingerprint density at radius 3 is 2.25 bits per heavy atom. The highest BCUT2D eigenvalue weighted by atomic mass is 19.4. The lowest BCUT2D eigenvalue weighted by Crippen LogP contribution is -2.38. The third kappa shape index (κ3) is 3.28. The molecule has 4 N–H and O–H groups in total. The van der Waals surface area contributed by atoms with Gasteiger partial charge in [0.1, 0.15) is 6.04 Å². The average Bonchev–Trinajstić information content (AvgIpc) is 2.71. The van der Waals surface area contributed by atoms with Gasteiger partial charge in [-0.15, -0.1) is 0 Å². The fraction of sp³-hybridized carbons (Fsp3) is 0.300. The summed E-state index contributed by atoms with van der Waals surface area (Å²) in [5, 5.41) is 10.4. The van der Waals surface area contributed by atoms with E-state index in [4.69, 9.17) is 10.8 Å². The number of aromatic nitrogens is 1. The van der Waals surface area contributed by atoms with E-state index in [-0.39, 0.29) is 0 Å². The van der Waals surface area contributed by atoms with Gasteiger partial charge in [-0.25, -0.2) is 9.59 Å². The summed E-state index contributed by atoms with van der Waals surface area (Å²) in [7, 11) is 0. The zero-order valence-corrected chi connectivity index (χ0v) is 10.1. The van der Waals surface area contributed by atoms with Crippen molar-refractivity contribution < 1.29 is 32.7 Å². The first-order chi connectivity index (χ1) is 9.04. The van der Waals surface area contributed by atoms with E-state index in [9.17, 15) is 27.6 Å². The van der Waals surface area contributed by atoms with Gasteiger partial charge in [0.25, 0.3) is 5.91 Å². The Labute approximate surface area is 110 Å². The minimum atomic E-state index is -4.88. The second-order valence-corrected chi connectivity index (χ2v) is 3.87. The van der Waals surface area contributed by atoms with E-state index in [0.717, 1.165) is 4.57 Å². The molecule has 0 aromatic carbocycles. The molecule has 0 radical (unpaired) electrons. The van der Waals surface area contributed by atoms with E-state index in [0.29, 0.717) is 12.4 Å². The molecule has 1 unspecified atom stereocenters. The van der Waals surface area contributed by atoms with Crippen LogP contribution in [-0.4, -0.2) is 27.6 Å². The molecule has 3 amide bonds. The van der Waals surface area contributed by atoms with Gasteiger partial charge < -0.3 is 15.4 Å². The molecule has 1 atom stereocenters. The van der Waals surface area contributed by atoms with Crippen LogP contribution in [0.5, 0.6) is 0 Å². The Morgan fingerprint density at radius 2 is 1.90 bits per heavy atom. The van der Waals surface area contributed by atoms with E-state index in [1.54, 1.807) is 5.32 Å². The molecule has 1 heterocycles. The molecule has 110 valence electrons. The third-order valence-electron chi connectivity index (χ3n) is 2.46. The number of amides is 3. The molecule has 0 saturated carbocycles. The third-order valence-corrected chi connectivity index (χ3v) is 2.46. The number of nitrogens with two attached hydrogens (primary N) is 1. The number of nitrogens with one attached hydrogen (secondary N) is 1. The van der Waals surface area contributed by atoms with Crippen LogP contribution in [0.25, 0.3) is 0 Å². The second-order valence-electron chi connectivity index (χ2n) is 3.87.